The van der Waals surface area contributed by atoms with E-state index in [1.165, 1.54) is 43.2 Å². The highest BCUT2D eigenvalue weighted by atomic mass is 16.7. The van der Waals surface area contributed by atoms with Gasteiger partial charge in [0.2, 0.25) is 0 Å². The molecule has 1 aromatic carbocycles. The Hall–Kier alpha value is -1.92. The Morgan fingerprint density at radius 2 is 1.67 bits per heavy atom. The van der Waals surface area contributed by atoms with Crippen LogP contribution >= 0.6 is 0 Å². The highest BCUT2D eigenvalue weighted by Crippen LogP contribution is 2.52. The molecule has 7 atom stereocenters. The Morgan fingerprint density at radius 3 is 2.40 bits per heavy atom. The van der Waals surface area contributed by atoms with Gasteiger partial charge in [-0.05, 0) is 120 Å². The van der Waals surface area contributed by atoms with Crippen molar-refractivity contribution in [3.63, 3.8) is 0 Å². The molecule has 0 N–H and O–H groups in total. The second-order valence-corrected chi connectivity index (χ2v) is 14.3. The van der Waals surface area contributed by atoms with E-state index in [1.54, 1.807) is 5.57 Å². The zero-order valence-electron chi connectivity index (χ0n) is 28.4. The number of fused-ring (bicyclic) bond motifs is 1. The van der Waals surface area contributed by atoms with Crippen molar-refractivity contribution in [1.29, 1.82) is 0 Å². The predicted octanol–water partition coefficient (Wildman–Crippen LogP) is 10.1. The molecule has 1 aromatic rings. The van der Waals surface area contributed by atoms with Crippen LogP contribution in [-0.2, 0) is 30.3 Å². The van der Waals surface area contributed by atoms with Gasteiger partial charge in [-0.15, -0.1) is 0 Å². The summed E-state index contributed by atoms with van der Waals surface area (Å²) in [6, 6.07) is 10.5. The molecule has 2 aliphatic carbocycles. The number of ether oxygens (including phenoxy) is 5. The van der Waals surface area contributed by atoms with Crippen molar-refractivity contribution in [2.75, 3.05) is 19.8 Å². The van der Waals surface area contributed by atoms with E-state index in [0.717, 1.165) is 83.4 Å². The second-order valence-electron chi connectivity index (χ2n) is 14.3. The van der Waals surface area contributed by atoms with Gasteiger partial charge in [0.15, 0.2) is 12.6 Å². The fraction of sp³-hybridized carbons (Fsp3) is 0.700. The van der Waals surface area contributed by atoms with E-state index in [-0.39, 0.29) is 24.6 Å². The Morgan fingerprint density at radius 1 is 0.911 bits per heavy atom. The first-order chi connectivity index (χ1) is 22.0. The van der Waals surface area contributed by atoms with Gasteiger partial charge in [-0.3, -0.25) is 0 Å². The summed E-state index contributed by atoms with van der Waals surface area (Å²) < 4.78 is 31.8. The van der Waals surface area contributed by atoms with E-state index in [2.05, 4.69) is 69.3 Å². The van der Waals surface area contributed by atoms with Gasteiger partial charge in [0.25, 0.3) is 0 Å². The number of unbranched alkanes of at least 4 members (excludes halogenated alkanes) is 2. The standard InChI is InChI=1S/C40H60O5/c1-30(2)19-20-31(3)21-22-36(44-38-17-9-12-24-42-38)40-35-27-33(16-8-5-11-23-41-29-32-14-6-4-7-15-32)26-34(35)28-37(40)45-39-18-10-13-25-43-39/h4,6-7,14-15,19,22,26,31,34-35,37-40H,5,8-13,16-18,20-21,23-25,27-29H2,1-3H3/t31?,34-,35-,37+,38?,39?,40-/m1/s1. The van der Waals surface area contributed by atoms with Crippen LogP contribution in [0.5, 0.6) is 0 Å². The quantitative estimate of drug-likeness (QED) is 0.0985. The number of hydrogen-bond donors (Lipinski definition) is 0. The lowest BCUT2D eigenvalue weighted by Gasteiger charge is -2.34. The minimum absolute atomic E-state index is 0.0820. The zero-order valence-corrected chi connectivity index (χ0v) is 28.4. The lowest BCUT2D eigenvalue weighted by Crippen LogP contribution is -2.34. The molecule has 2 heterocycles. The van der Waals surface area contributed by atoms with E-state index >= 15 is 0 Å². The van der Waals surface area contributed by atoms with E-state index < -0.39 is 0 Å². The predicted molar refractivity (Wildman–Crippen MR) is 181 cm³/mol. The van der Waals surface area contributed by atoms with Crippen LogP contribution in [0.1, 0.15) is 116 Å². The number of rotatable bonds is 17. The minimum Gasteiger partial charge on any atom is -0.469 e. The highest BCUT2D eigenvalue weighted by Gasteiger charge is 2.49. The molecule has 5 heteroatoms. The van der Waals surface area contributed by atoms with Crippen LogP contribution in [0.15, 0.2) is 65.5 Å². The molecule has 250 valence electrons. The van der Waals surface area contributed by atoms with E-state index in [4.69, 9.17) is 23.7 Å². The number of allylic oxidation sites excluding steroid dienone is 5. The number of hydrogen-bond acceptors (Lipinski definition) is 5. The molecule has 0 aromatic heterocycles. The second kappa shape index (κ2) is 18.4. The van der Waals surface area contributed by atoms with Gasteiger partial charge >= 0.3 is 0 Å². The van der Waals surface area contributed by atoms with Crippen LogP contribution in [0.25, 0.3) is 0 Å². The molecule has 5 nitrogen and oxygen atoms in total. The molecular weight excluding hydrogens is 560 g/mol. The van der Waals surface area contributed by atoms with Crippen LogP contribution < -0.4 is 0 Å². The number of benzene rings is 1. The van der Waals surface area contributed by atoms with Gasteiger partial charge in [0.05, 0.1) is 19.3 Å². The van der Waals surface area contributed by atoms with Crippen molar-refractivity contribution in [3.8, 4) is 0 Å². The fourth-order valence-corrected chi connectivity index (χ4v) is 7.57. The van der Waals surface area contributed by atoms with Crippen LogP contribution in [-0.4, -0.2) is 38.5 Å². The third-order valence-electron chi connectivity index (χ3n) is 10.1. The zero-order chi connectivity index (χ0) is 31.3. The topological polar surface area (TPSA) is 46.2 Å². The molecule has 0 amide bonds. The van der Waals surface area contributed by atoms with E-state index in [1.807, 2.05) is 0 Å². The summed E-state index contributed by atoms with van der Waals surface area (Å²) in [6.45, 7) is 9.89. The molecule has 5 rings (SSSR count). The van der Waals surface area contributed by atoms with Crippen LogP contribution in [0.4, 0.5) is 0 Å². The summed E-state index contributed by atoms with van der Waals surface area (Å²) >= 11 is 0. The maximum absolute atomic E-state index is 6.85. The molecule has 0 spiro atoms. The lowest BCUT2D eigenvalue weighted by molar-refractivity contribution is -0.200. The molecule has 45 heavy (non-hydrogen) atoms. The first-order valence-corrected chi connectivity index (χ1v) is 18.2. The van der Waals surface area contributed by atoms with Crippen molar-refractivity contribution in [1.82, 2.24) is 0 Å². The molecule has 4 aliphatic rings. The van der Waals surface area contributed by atoms with Crippen molar-refractivity contribution in [3.05, 3.63) is 71.0 Å². The molecule has 2 saturated heterocycles. The maximum atomic E-state index is 6.85. The summed E-state index contributed by atoms with van der Waals surface area (Å²) in [6.07, 6.45) is 23.0. The average molecular weight is 621 g/mol. The van der Waals surface area contributed by atoms with E-state index in [0.29, 0.717) is 24.4 Å². The van der Waals surface area contributed by atoms with Gasteiger partial charge in [0.1, 0.15) is 5.76 Å². The molecule has 3 unspecified atom stereocenters. The first-order valence-electron chi connectivity index (χ1n) is 18.2. The Bertz CT molecular complexity index is 1080. The lowest BCUT2D eigenvalue weighted by atomic mass is 9.86. The third kappa shape index (κ3) is 11.1. The molecule has 2 aliphatic heterocycles. The van der Waals surface area contributed by atoms with Crippen molar-refractivity contribution in [2.24, 2.45) is 23.7 Å². The van der Waals surface area contributed by atoms with Crippen molar-refractivity contribution >= 4 is 0 Å². The summed E-state index contributed by atoms with van der Waals surface area (Å²) in [5.41, 5.74) is 4.28. The molecule has 0 radical (unpaired) electrons. The molecule has 3 fully saturated rings. The van der Waals surface area contributed by atoms with Gasteiger partial charge < -0.3 is 23.7 Å². The summed E-state index contributed by atoms with van der Waals surface area (Å²) in [5.74, 6) is 3.03. The first kappa shape index (κ1) is 34.4. The van der Waals surface area contributed by atoms with Crippen molar-refractivity contribution in [2.45, 2.75) is 136 Å². The SMILES string of the molecule is CC(C)=CCC(C)CC=C(OC1CCCCO1)[C@H]1[C@@H]2CC(CCCCCOCc3ccccc3)=C[C@@H]2C[C@@H]1OC1CCCCO1. The fourth-order valence-electron chi connectivity index (χ4n) is 7.57. The van der Waals surface area contributed by atoms with Crippen LogP contribution in [0.3, 0.4) is 0 Å². The van der Waals surface area contributed by atoms with Gasteiger partial charge in [0, 0.05) is 25.6 Å². The Balaban J connectivity index is 1.20. The average Bonchev–Trinajstić information content (AvgIpc) is 3.60. The highest BCUT2D eigenvalue weighted by molar-refractivity contribution is 5.23. The molecular formula is C40H60O5. The summed E-state index contributed by atoms with van der Waals surface area (Å²) in [7, 11) is 0. The monoisotopic (exact) mass is 620 g/mol. The molecule has 1 saturated carbocycles. The molecule has 0 bridgehead atoms. The van der Waals surface area contributed by atoms with Crippen LogP contribution in [0.2, 0.25) is 0 Å². The maximum Gasteiger partial charge on any atom is 0.199 e. The smallest absolute Gasteiger partial charge is 0.199 e. The van der Waals surface area contributed by atoms with Crippen LogP contribution in [0, 0.1) is 23.7 Å². The largest absolute Gasteiger partial charge is 0.469 e. The third-order valence-corrected chi connectivity index (χ3v) is 10.1. The Labute approximate surface area is 273 Å². The van der Waals surface area contributed by atoms with Gasteiger partial charge in [-0.25, -0.2) is 0 Å². The Kier molecular flexibility index (Phi) is 14.1. The summed E-state index contributed by atoms with van der Waals surface area (Å²) in [4.78, 5) is 0. The van der Waals surface area contributed by atoms with Crippen molar-refractivity contribution < 1.29 is 23.7 Å². The van der Waals surface area contributed by atoms with E-state index in [9.17, 15) is 0 Å². The van der Waals surface area contributed by atoms with Gasteiger partial charge in [-0.1, -0.05) is 67.0 Å². The minimum atomic E-state index is -0.137. The normalized spacial score (nSPS) is 29.2. The summed E-state index contributed by atoms with van der Waals surface area (Å²) in [5, 5.41) is 0. The van der Waals surface area contributed by atoms with Gasteiger partial charge in [-0.2, -0.15) is 0 Å².